The number of benzene rings is 1. The van der Waals surface area contributed by atoms with E-state index < -0.39 is 0 Å². The van der Waals surface area contributed by atoms with Gasteiger partial charge in [0, 0.05) is 18.6 Å². The largest absolute Gasteiger partial charge is 0.310 e. The summed E-state index contributed by atoms with van der Waals surface area (Å²) in [6.45, 7) is 7.93. The lowest BCUT2D eigenvalue weighted by molar-refractivity contribution is 0.205. The smallest absolute Gasteiger partial charge is 0.126 e. The van der Waals surface area contributed by atoms with Gasteiger partial charge >= 0.3 is 0 Å². The van der Waals surface area contributed by atoms with Crippen LogP contribution in [0.2, 0.25) is 0 Å². The molecule has 2 nitrogen and oxygen atoms in total. The molecule has 1 aliphatic rings. The van der Waals surface area contributed by atoms with E-state index in [1.807, 2.05) is 12.1 Å². The molecule has 2 rings (SSSR count). The fourth-order valence-corrected chi connectivity index (χ4v) is 3.12. The summed E-state index contributed by atoms with van der Waals surface area (Å²) in [4.78, 5) is 2.54. The summed E-state index contributed by atoms with van der Waals surface area (Å²) >= 11 is 0. The van der Waals surface area contributed by atoms with E-state index in [2.05, 4.69) is 24.1 Å². The molecular weight excluding hydrogens is 251 g/mol. The van der Waals surface area contributed by atoms with Crippen LogP contribution in [0.25, 0.3) is 0 Å². The standard InChI is InChI=1S/C17H27FN2/c1-14(12-16-8-4-5-9-17(16)18)19-15(2)13-20-10-6-3-7-11-20/h4-5,8-9,14-15,19H,3,6-7,10-13H2,1-2H3. The van der Waals surface area contributed by atoms with Crippen molar-refractivity contribution in [1.82, 2.24) is 10.2 Å². The van der Waals surface area contributed by atoms with Gasteiger partial charge in [0.05, 0.1) is 0 Å². The fraction of sp³-hybridized carbons (Fsp3) is 0.647. The zero-order chi connectivity index (χ0) is 14.4. The molecular formula is C17H27FN2. The number of hydrogen-bond acceptors (Lipinski definition) is 2. The van der Waals surface area contributed by atoms with E-state index in [0.717, 1.165) is 18.5 Å². The topological polar surface area (TPSA) is 15.3 Å². The van der Waals surface area contributed by atoms with Gasteiger partial charge in [0.1, 0.15) is 5.82 Å². The monoisotopic (exact) mass is 278 g/mol. The number of likely N-dealkylation sites (tertiary alicyclic amines) is 1. The van der Waals surface area contributed by atoms with Gasteiger partial charge in [-0.15, -0.1) is 0 Å². The summed E-state index contributed by atoms with van der Waals surface area (Å²) in [7, 11) is 0. The molecule has 1 aromatic carbocycles. The maximum atomic E-state index is 13.6. The minimum atomic E-state index is -0.0927. The predicted molar refractivity (Wildman–Crippen MR) is 82.5 cm³/mol. The molecule has 0 saturated carbocycles. The van der Waals surface area contributed by atoms with Crippen molar-refractivity contribution < 1.29 is 4.39 Å². The van der Waals surface area contributed by atoms with Gasteiger partial charge in [-0.2, -0.15) is 0 Å². The van der Waals surface area contributed by atoms with E-state index in [1.165, 1.54) is 32.4 Å². The van der Waals surface area contributed by atoms with Gasteiger partial charge in [0.2, 0.25) is 0 Å². The average Bonchev–Trinajstić information content (AvgIpc) is 2.42. The predicted octanol–water partition coefficient (Wildman–Crippen LogP) is 3.22. The molecule has 0 spiro atoms. The van der Waals surface area contributed by atoms with Crippen molar-refractivity contribution in [3.63, 3.8) is 0 Å². The van der Waals surface area contributed by atoms with Gasteiger partial charge in [-0.25, -0.2) is 4.39 Å². The van der Waals surface area contributed by atoms with Crippen LogP contribution in [0.1, 0.15) is 38.7 Å². The Morgan fingerprint density at radius 3 is 2.50 bits per heavy atom. The molecule has 1 aliphatic heterocycles. The van der Waals surface area contributed by atoms with E-state index in [4.69, 9.17) is 0 Å². The fourth-order valence-electron chi connectivity index (χ4n) is 3.12. The highest BCUT2D eigenvalue weighted by Gasteiger charge is 2.15. The van der Waals surface area contributed by atoms with Gasteiger partial charge in [-0.3, -0.25) is 0 Å². The van der Waals surface area contributed by atoms with Gasteiger partial charge in [-0.1, -0.05) is 24.6 Å². The van der Waals surface area contributed by atoms with Crippen molar-refractivity contribution in [3.8, 4) is 0 Å². The minimum absolute atomic E-state index is 0.0927. The van der Waals surface area contributed by atoms with Gasteiger partial charge in [0.15, 0.2) is 0 Å². The van der Waals surface area contributed by atoms with Crippen LogP contribution in [0.5, 0.6) is 0 Å². The Morgan fingerprint density at radius 1 is 1.10 bits per heavy atom. The highest BCUT2D eigenvalue weighted by atomic mass is 19.1. The summed E-state index contributed by atoms with van der Waals surface area (Å²) in [5.41, 5.74) is 0.803. The van der Waals surface area contributed by atoms with Crippen LogP contribution in [0.3, 0.4) is 0 Å². The molecule has 3 heteroatoms. The molecule has 2 unspecified atom stereocenters. The molecule has 0 aliphatic carbocycles. The second-order valence-corrected chi connectivity index (χ2v) is 6.13. The van der Waals surface area contributed by atoms with Crippen LogP contribution in [-0.2, 0) is 6.42 Å². The summed E-state index contributed by atoms with van der Waals surface area (Å²) in [6, 6.07) is 7.82. The molecule has 0 aromatic heterocycles. The molecule has 1 fully saturated rings. The van der Waals surface area contributed by atoms with Crippen LogP contribution in [-0.4, -0.2) is 36.6 Å². The Labute approximate surface area is 122 Å². The Kier molecular flexibility index (Phi) is 5.99. The van der Waals surface area contributed by atoms with E-state index in [1.54, 1.807) is 12.1 Å². The van der Waals surface area contributed by atoms with E-state index in [-0.39, 0.29) is 5.82 Å². The van der Waals surface area contributed by atoms with Crippen LogP contribution < -0.4 is 5.32 Å². The third-order valence-electron chi connectivity index (χ3n) is 4.03. The summed E-state index contributed by atoms with van der Waals surface area (Å²) in [6.07, 6.45) is 4.79. The zero-order valence-corrected chi connectivity index (χ0v) is 12.7. The van der Waals surface area contributed by atoms with Crippen LogP contribution in [0.4, 0.5) is 4.39 Å². The molecule has 20 heavy (non-hydrogen) atoms. The molecule has 1 heterocycles. The first-order chi connectivity index (χ1) is 9.65. The van der Waals surface area contributed by atoms with Gasteiger partial charge in [0.25, 0.3) is 0 Å². The zero-order valence-electron chi connectivity index (χ0n) is 12.7. The molecule has 2 atom stereocenters. The van der Waals surface area contributed by atoms with E-state index >= 15 is 0 Å². The molecule has 0 radical (unpaired) electrons. The Hall–Kier alpha value is -0.930. The normalized spacial score (nSPS) is 19.8. The molecule has 1 N–H and O–H groups in total. The van der Waals surface area contributed by atoms with Crippen LogP contribution in [0.15, 0.2) is 24.3 Å². The third kappa shape index (κ3) is 4.88. The SMILES string of the molecule is CC(Cc1ccccc1F)NC(C)CN1CCCCC1. The van der Waals surface area contributed by atoms with Crippen molar-refractivity contribution >= 4 is 0 Å². The average molecular weight is 278 g/mol. The summed E-state index contributed by atoms with van der Waals surface area (Å²) in [5.74, 6) is -0.0927. The number of piperidine rings is 1. The lowest BCUT2D eigenvalue weighted by Crippen LogP contribution is -2.45. The maximum absolute atomic E-state index is 13.6. The first-order valence-corrected chi connectivity index (χ1v) is 7.87. The number of hydrogen-bond donors (Lipinski definition) is 1. The Morgan fingerprint density at radius 2 is 1.80 bits per heavy atom. The quantitative estimate of drug-likeness (QED) is 0.859. The number of rotatable bonds is 6. The maximum Gasteiger partial charge on any atom is 0.126 e. The van der Waals surface area contributed by atoms with Crippen LogP contribution >= 0.6 is 0 Å². The van der Waals surface area contributed by atoms with Gasteiger partial charge < -0.3 is 10.2 Å². The molecule has 1 aromatic rings. The molecule has 0 bridgehead atoms. The second-order valence-electron chi connectivity index (χ2n) is 6.13. The number of halogens is 1. The van der Waals surface area contributed by atoms with Gasteiger partial charge in [-0.05, 0) is 57.8 Å². The summed E-state index contributed by atoms with van der Waals surface area (Å²) in [5, 5.41) is 3.59. The highest BCUT2D eigenvalue weighted by molar-refractivity contribution is 5.18. The Bertz CT molecular complexity index is 402. The highest BCUT2D eigenvalue weighted by Crippen LogP contribution is 2.11. The summed E-state index contributed by atoms with van der Waals surface area (Å²) < 4.78 is 13.6. The number of nitrogens with zero attached hydrogens (tertiary/aromatic N) is 1. The van der Waals surface area contributed by atoms with Crippen LogP contribution in [0, 0.1) is 5.82 Å². The first kappa shape index (κ1) is 15.5. The van der Waals surface area contributed by atoms with Crippen molar-refractivity contribution in [2.75, 3.05) is 19.6 Å². The van der Waals surface area contributed by atoms with E-state index in [9.17, 15) is 4.39 Å². The van der Waals surface area contributed by atoms with Crippen molar-refractivity contribution in [2.45, 2.75) is 51.6 Å². The Balaban J connectivity index is 1.75. The third-order valence-corrected chi connectivity index (χ3v) is 4.03. The lowest BCUT2D eigenvalue weighted by atomic mass is 10.1. The molecule has 112 valence electrons. The minimum Gasteiger partial charge on any atom is -0.310 e. The molecule has 1 saturated heterocycles. The van der Waals surface area contributed by atoms with Crippen molar-refractivity contribution in [2.24, 2.45) is 0 Å². The van der Waals surface area contributed by atoms with Crippen molar-refractivity contribution in [3.05, 3.63) is 35.6 Å². The first-order valence-electron chi connectivity index (χ1n) is 7.87. The van der Waals surface area contributed by atoms with E-state index in [0.29, 0.717) is 12.1 Å². The van der Waals surface area contributed by atoms with Crippen molar-refractivity contribution in [1.29, 1.82) is 0 Å². The number of nitrogens with one attached hydrogen (secondary N) is 1. The second kappa shape index (κ2) is 7.75. The molecule has 0 amide bonds. The lowest BCUT2D eigenvalue weighted by Gasteiger charge is -2.30.